The summed E-state index contributed by atoms with van der Waals surface area (Å²) in [6.07, 6.45) is -1.56. The molecular formula is C19H23F3N4O. The normalized spacial score (nSPS) is 12.1. The summed E-state index contributed by atoms with van der Waals surface area (Å²) in [4.78, 5) is 3.27. The van der Waals surface area contributed by atoms with Crippen molar-refractivity contribution in [2.45, 2.75) is 33.0 Å². The molecule has 5 nitrogen and oxygen atoms in total. The van der Waals surface area contributed by atoms with Crippen molar-refractivity contribution < 1.29 is 17.9 Å². The van der Waals surface area contributed by atoms with Gasteiger partial charge in [0.15, 0.2) is 6.61 Å². The first kappa shape index (κ1) is 19.3. The molecule has 2 heterocycles. The first-order chi connectivity index (χ1) is 12.8. The summed E-state index contributed by atoms with van der Waals surface area (Å²) in [5.41, 5.74) is 4.85. The Morgan fingerprint density at radius 3 is 2.78 bits per heavy atom. The Kier molecular flexibility index (Phi) is 5.46. The molecule has 0 aliphatic carbocycles. The van der Waals surface area contributed by atoms with Crippen molar-refractivity contribution in [1.82, 2.24) is 20.1 Å². The van der Waals surface area contributed by atoms with Crippen LogP contribution >= 0.6 is 0 Å². The number of fused-ring (bicyclic) bond motifs is 1. The minimum atomic E-state index is -4.38. The molecule has 3 rings (SSSR count). The lowest BCUT2D eigenvalue weighted by Gasteiger charge is -2.12. The summed E-state index contributed by atoms with van der Waals surface area (Å²) in [6.45, 7) is 3.60. The number of aromatic amines is 1. The molecule has 0 saturated heterocycles. The van der Waals surface area contributed by atoms with Crippen LogP contribution in [0.3, 0.4) is 0 Å². The summed E-state index contributed by atoms with van der Waals surface area (Å²) >= 11 is 0. The Morgan fingerprint density at radius 2 is 2.04 bits per heavy atom. The van der Waals surface area contributed by atoms with Gasteiger partial charge in [0.1, 0.15) is 0 Å². The molecule has 1 aromatic carbocycles. The molecule has 146 valence electrons. The summed E-state index contributed by atoms with van der Waals surface area (Å²) < 4.78 is 43.7. The molecule has 0 fully saturated rings. The van der Waals surface area contributed by atoms with Crippen LogP contribution in [0.15, 0.2) is 24.4 Å². The van der Waals surface area contributed by atoms with Crippen molar-refractivity contribution in [3.63, 3.8) is 0 Å². The largest absolute Gasteiger partial charge is 0.468 e. The Bertz CT molecular complexity index is 927. The number of rotatable bonds is 7. The lowest BCUT2D eigenvalue weighted by atomic mass is 10.1. The highest BCUT2D eigenvalue weighted by Gasteiger charge is 2.30. The number of nitrogens with zero attached hydrogens (tertiary/aromatic N) is 2. The van der Waals surface area contributed by atoms with E-state index >= 15 is 0 Å². The molecule has 2 aromatic heterocycles. The molecule has 0 aliphatic rings. The van der Waals surface area contributed by atoms with E-state index in [9.17, 15) is 13.2 Å². The van der Waals surface area contributed by atoms with E-state index in [0.717, 1.165) is 11.9 Å². The Morgan fingerprint density at radius 1 is 1.26 bits per heavy atom. The van der Waals surface area contributed by atoms with Gasteiger partial charge < -0.3 is 15.0 Å². The van der Waals surface area contributed by atoms with Crippen molar-refractivity contribution >= 4 is 10.9 Å². The minimum Gasteiger partial charge on any atom is -0.468 e. The third-order valence-corrected chi connectivity index (χ3v) is 4.53. The predicted molar refractivity (Wildman–Crippen MR) is 97.9 cm³/mol. The zero-order chi connectivity index (χ0) is 19.6. The number of H-pyrrole nitrogens is 1. The van der Waals surface area contributed by atoms with E-state index in [1.807, 2.05) is 18.3 Å². The summed E-state index contributed by atoms with van der Waals surface area (Å²) in [7, 11) is 1.58. The zero-order valence-electron chi connectivity index (χ0n) is 15.6. The number of hydrogen-bond donors (Lipinski definition) is 2. The van der Waals surface area contributed by atoms with Gasteiger partial charge in [0, 0.05) is 30.7 Å². The van der Waals surface area contributed by atoms with Crippen LogP contribution in [0.1, 0.15) is 22.4 Å². The molecule has 0 spiro atoms. The van der Waals surface area contributed by atoms with E-state index in [1.165, 1.54) is 21.2 Å². The van der Waals surface area contributed by atoms with Gasteiger partial charge in [-0.25, -0.2) is 4.68 Å². The van der Waals surface area contributed by atoms with Crippen LogP contribution in [-0.4, -0.2) is 34.1 Å². The number of nitrogens with one attached hydrogen (secondary N) is 2. The van der Waals surface area contributed by atoms with E-state index in [2.05, 4.69) is 28.4 Å². The van der Waals surface area contributed by atoms with Gasteiger partial charge in [0.05, 0.1) is 11.3 Å². The Labute approximate surface area is 155 Å². The maximum absolute atomic E-state index is 12.5. The molecule has 27 heavy (non-hydrogen) atoms. The summed E-state index contributed by atoms with van der Waals surface area (Å²) in [6, 6.07) is 6.14. The zero-order valence-corrected chi connectivity index (χ0v) is 15.6. The van der Waals surface area contributed by atoms with Gasteiger partial charge in [-0.3, -0.25) is 0 Å². The molecule has 8 heteroatoms. The molecular weight excluding hydrogens is 357 g/mol. The van der Waals surface area contributed by atoms with E-state index in [4.69, 9.17) is 4.74 Å². The predicted octanol–water partition coefficient (Wildman–Crippen LogP) is 3.79. The molecule has 0 bridgehead atoms. The highest BCUT2D eigenvalue weighted by molar-refractivity contribution is 5.86. The maximum atomic E-state index is 12.5. The van der Waals surface area contributed by atoms with E-state index in [0.29, 0.717) is 24.3 Å². The fraction of sp³-hybridized carbons (Fsp3) is 0.421. The Balaban J connectivity index is 1.62. The average Bonchev–Trinajstić information content (AvgIpc) is 3.11. The fourth-order valence-corrected chi connectivity index (χ4v) is 3.30. The lowest BCUT2D eigenvalue weighted by Crippen LogP contribution is -2.22. The molecule has 0 atom stereocenters. The monoisotopic (exact) mass is 380 g/mol. The van der Waals surface area contributed by atoms with Gasteiger partial charge in [0.25, 0.3) is 0 Å². The van der Waals surface area contributed by atoms with Crippen LogP contribution in [0.25, 0.3) is 10.9 Å². The van der Waals surface area contributed by atoms with Crippen LogP contribution in [0, 0.1) is 13.8 Å². The minimum absolute atomic E-state index is 0.153. The molecule has 0 amide bonds. The first-order valence-corrected chi connectivity index (χ1v) is 8.74. The molecule has 3 aromatic rings. The quantitative estimate of drug-likeness (QED) is 0.613. The van der Waals surface area contributed by atoms with Gasteiger partial charge >= 0.3 is 6.18 Å². The first-order valence-electron chi connectivity index (χ1n) is 8.74. The smallest absolute Gasteiger partial charge is 0.422 e. The number of halogens is 3. The summed E-state index contributed by atoms with van der Waals surface area (Å²) in [5.74, 6) is 0.153. The summed E-state index contributed by atoms with van der Waals surface area (Å²) in [5, 5.41) is 8.69. The number of benzene rings is 1. The third kappa shape index (κ3) is 4.44. The van der Waals surface area contributed by atoms with Crippen LogP contribution in [0.5, 0.6) is 5.88 Å². The average molecular weight is 380 g/mol. The maximum Gasteiger partial charge on any atom is 0.422 e. The van der Waals surface area contributed by atoms with Crippen LogP contribution < -0.4 is 10.1 Å². The second-order valence-electron chi connectivity index (χ2n) is 6.63. The lowest BCUT2D eigenvalue weighted by molar-refractivity contribution is -0.154. The number of hydrogen-bond acceptors (Lipinski definition) is 3. The number of alkyl halides is 3. The van der Waals surface area contributed by atoms with Crippen molar-refractivity contribution in [2.24, 2.45) is 7.05 Å². The van der Waals surface area contributed by atoms with Crippen molar-refractivity contribution in [3.05, 3.63) is 46.8 Å². The SMILES string of the molecule is Cc1nn(C)c(OCC(F)(F)F)c1CNCCc1c[nH]c2cccc(C)c12. The Hall–Kier alpha value is -2.48. The van der Waals surface area contributed by atoms with E-state index in [1.54, 1.807) is 14.0 Å². The molecule has 0 unspecified atom stereocenters. The number of ether oxygens (including phenoxy) is 1. The van der Waals surface area contributed by atoms with Crippen molar-refractivity contribution in [1.29, 1.82) is 0 Å². The van der Waals surface area contributed by atoms with Crippen LogP contribution in [0.4, 0.5) is 13.2 Å². The number of aryl methyl sites for hydroxylation is 3. The van der Waals surface area contributed by atoms with Crippen LogP contribution in [-0.2, 0) is 20.0 Å². The molecule has 2 N–H and O–H groups in total. The second-order valence-corrected chi connectivity index (χ2v) is 6.63. The van der Waals surface area contributed by atoms with Gasteiger partial charge in [-0.05, 0) is 44.0 Å². The van der Waals surface area contributed by atoms with Crippen molar-refractivity contribution in [3.8, 4) is 5.88 Å². The van der Waals surface area contributed by atoms with E-state index in [-0.39, 0.29) is 5.88 Å². The van der Waals surface area contributed by atoms with Crippen LogP contribution in [0.2, 0.25) is 0 Å². The standard InChI is InChI=1S/C19H23F3N4O/c1-12-5-4-6-16-17(12)14(9-24-16)7-8-23-10-15-13(2)25-26(3)18(15)27-11-19(20,21)22/h4-6,9,23-24H,7-8,10-11H2,1-3H3. The van der Waals surface area contributed by atoms with Gasteiger partial charge in [-0.1, -0.05) is 12.1 Å². The molecule has 0 saturated carbocycles. The van der Waals surface area contributed by atoms with E-state index < -0.39 is 12.8 Å². The van der Waals surface area contributed by atoms with Gasteiger partial charge in [-0.2, -0.15) is 18.3 Å². The number of aromatic nitrogens is 3. The van der Waals surface area contributed by atoms with Gasteiger partial charge in [-0.15, -0.1) is 0 Å². The van der Waals surface area contributed by atoms with Gasteiger partial charge in [0.2, 0.25) is 5.88 Å². The third-order valence-electron chi connectivity index (χ3n) is 4.53. The molecule has 0 aliphatic heterocycles. The fourth-order valence-electron chi connectivity index (χ4n) is 3.30. The highest BCUT2D eigenvalue weighted by atomic mass is 19.4. The highest BCUT2D eigenvalue weighted by Crippen LogP contribution is 2.25. The van der Waals surface area contributed by atoms with Crippen molar-refractivity contribution in [2.75, 3.05) is 13.2 Å². The molecule has 0 radical (unpaired) electrons. The topological polar surface area (TPSA) is 54.9 Å². The second kappa shape index (κ2) is 7.64.